The zero-order chi connectivity index (χ0) is 18.4. The summed E-state index contributed by atoms with van der Waals surface area (Å²) in [6, 6.07) is 1.42. The maximum Gasteiger partial charge on any atom is 0.341 e. The lowest BCUT2D eigenvalue weighted by atomic mass is 9.89. The van der Waals surface area contributed by atoms with Crippen LogP contribution in [-0.2, 0) is 16.1 Å². The number of nitrogens with zero attached hydrogens (tertiary/aromatic N) is 1. The first-order valence-corrected chi connectivity index (χ1v) is 9.08. The molecule has 1 unspecified atom stereocenters. The maximum absolute atomic E-state index is 12.4. The minimum atomic E-state index is -0.409. The van der Waals surface area contributed by atoms with Gasteiger partial charge in [0.15, 0.2) is 0 Å². The predicted octanol–water partition coefficient (Wildman–Crippen LogP) is 2.89. The second-order valence-electron chi connectivity index (χ2n) is 7.01. The Morgan fingerprint density at radius 3 is 2.68 bits per heavy atom. The molecule has 0 aliphatic heterocycles. The molecule has 0 radical (unpaired) electrons. The van der Waals surface area contributed by atoms with Crippen LogP contribution in [0.2, 0.25) is 0 Å². The van der Waals surface area contributed by atoms with E-state index in [1.807, 2.05) is 18.9 Å². The first-order valence-electron chi connectivity index (χ1n) is 9.08. The number of carbonyl (C=O) groups excluding carboxylic acids is 2. The number of methoxy groups -OCH3 is 1. The van der Waals surface area contributed by atoms with Gasteiger partial charge in [-0.05, 0) is 45.7 Å². The standard InChI is InChI=1S/C19H30N2O4/c1-13(18(22)20-11-15-8-6-5-7-9-15)21(3)12-16-10-17(14(2)25-16)19(23)24-4/h10,13,15H,5-9,11-12H2,1-4H3,(H,20,22). The van der Waals surface area contributed by atoms with Gasteiger partial charge in [0, 0.05) is 6.54 Å². The summed E-state index contributed by atoms with van der Waals surface area (Å²) in [5.74, 6) is 1.42. The van der Waals surface area contributed by atoms with Gasteiger partial charge in [-0.25, -0.2) is 4.79 Å². The van der Waals surface area contributed by atoms with E-state index in [4.69, 9.17) is 9.15 Å². The van der Waals surface area contributed by atoms with Crippen molar-refractivity contribution in [2.24, 2.45) is 5.92 Å². The average molecular weight is 350 g/mol. The highest BCUT2D eigenvalue weighted by Crippen LogP contribution is 2.23. The zero-order valence-corrected chi connectivity index (χ0v) is 15.8. The zero-order valence-electron chi connectivity index (χ0n) is 15.8. The van der Waals surface area contributed by atoms with Crippen LogP contribution in [0.15, 0.2) is 10.5 Å². The number of esters is 1. The molecule has 1 amide bonds. The second-order valence-corrected chi connectivity index (χ2v) is 7.01. The molecule has 2 rings (SSSR count). The molecule has 1 saturated carbocycles. The largest absolute Gasteiger partial charge is 0.465 e. The molecule has 6 nitrogen and oxygen atoms in total. The Balaban J connectivity index is 1.85. The molecule has 0 saturated heterocycles. The van der Waals surface area contributed by atoms with Gasteiger partial charge in [-0.3, -0.25) is 9.69 Å². The van der Waals surface area contributed by atoms with Crippen molar-refractivity contribution in [3.63, 3.8) is 0 Å². The highest BCUT2D eigenvalue weighted by molar-refractivity contribution is 5.90. The normalized spacial score (nSPS) is 16.7. The van der Waals surface area contributed by atoms with Gasteiger partial charge < -0.3 is 14.5 Å². The van der Waals surface area contributed by atoms with Crippen molar-refractivity contribution in [3.8, 4) is 0 Å². The van der Waals surface area contributed by atoms with Gasteiger partial charge in [0.2, 0.25) is 5.91 Å². The third kappa shape index (κ3) is 5.33. The number of aryl methyl sites for hydroxylation is 1. The smallest absolute Gasteiger partial charge is 0.341 e. The second kappa shape index (κ2) is 9.04. The van der Waals surface area contributed by atoms with Crippen molar-refractivity contribution in [2.75, 3.05) is 20.7 Å². The summed E-state index contributed by atoms with van der Waals surface area (Å²) >= 11 is 0. The molecule has 1 aromatic rings. The molecule has 1 atom stereocenters. The van der Waals surface area contributed by atoms with Crippen molar-refractivity contribution < 1.29 is 18.7 Å². The predicted molar refractivity (Wildman–Crippen MR) is 95.3 cm³/mol. The molecule has 1 aromatic heterocycles. The fraction of sp³-hybridized carbons (Fsp3) is 0.684. The average Bonchev–Trinajstić information content (AvgIpc) is 2.99. The minimum absolute atomic E-state index is 0.0320. The molecule has 140 valence electrons. The minimum Gasteiger partial charge on any atom is -0.465 e. The van der Waals surface area contributed by atoms with Crippen molar-refractivity contribution in [1.29, 1.82) is 0 Å². The summed E-state index contributed by atoms with van der Waals surface area (Å²) in [5, 5.41) is 3.08. The van der Waals surface area contributed by atoms with E-state index in [1.165, 1.54) is 39.2 Å². The number of ether oxygens (including phenoxy) is 1. The van der Waals surface area contributed by atoms with Crippen molar-refractivity contribution in [1.82, 2.24) is 10.2 Å². The van der Waals surface area contributed by atoms with E-state index in [0.717, 1.165) is 6.54 Å². The molecule has 6 heteroatoms. The first kappa shape index (κ1) is 19.5. The molecule has 1 N–H and O–H groups in total. The SMILES string of the molecule is COC(=O)c1cc(CN(C)C(C)C(=O)NCC2CCCCC2)oc1C. The third-order valence-electron chi connectivity index (χ3n) is 5.11. The molecule has 0 bridgehead atoms. The van der Waals surface area contributed by atoms with Gasteiger partial charge in [-0.2, -0.15) is 0 Å². The fourth-order valence-corrected chi connectivity index (χ4v) is 3.30. The molecule has 1 aliphatic rings. The molecule has 0 aromatic carbocycles. The molecule has 1 fully saturated rings. The highest BCUT2D eigenvalue weighted by atomic mass is 16.5. The van der Waals surface area contributed by atoms with E-state index in [0.29, 0.717) is 29.5 Å². The lowest BCUT2D eigenvalue weighted by Gasteiger charge is -2.26. The number of amides is 1. The fourth-order valence-electron chi connectivity index (χ4n) is 3.30. The van der Waals surface area contributed by atoms with E-state index in [9.17, 15) is 9.59 Å². The summed E-state index contributed by atoms with van der Waals surface area (Å²) in [6.07, 6.45) is 6.30. The van der Waals surface area contributed by atoms with Gasteiger partial charge in [0.05, 0.1) is 19.7 Å². The summed E-state index contributed by atoms with van der Waals surface area (Å²) in [7, 11) is 3.22. The number of carbonyl (C=O) groups is 2. The third-order valence-corrected chi connectivity index (χ3v) is 5.11. The van der Waals surface area contributed by atoms with Gasteiger partial charge in [0.1, 0.15) is 17.1 Å². The van der Waals surface area contributed by atoms with Gasteiger partial charge in [0.25, 0.3) is 0 Å². The van der Waals surface area contributed by atoms with E-state index in [-0.39, 0.29) is 11.9 Å². The van der Waals surface area contributed by atoms with Crippen LogP contribution in [0.4, 0.5) is 0 Å². The van der Waals surface area contributed by atoms with Gasteiger partial charge in [-0.15, -0.1) is 0 Å². The Hall–Kier alpha value is -1.82. The highest BCUT2D eigenvalue weighted by Gasteiger charge is 2.22. The van der Waals surface area contributed by atoms with E-state index >= 15 is 0 Å². The van der Waals surface area contributed by atoms with Crippen LogP contribution >= 0.6 is 0 Å². The first-order chi connectivity index (χ1) is 11.9. The Kier molecular flexibility index (Phi) is 7.05. The summed E-state index contributed by atoms with van der Waals surface area (Å²) in [5.41, 5.74) is 0.431. The molecule has 25 heavy (non-hydrogen) atoms. The number of hydrogen-bond donors (Lipinski definition) is 1. The number of furan rings is 1. The lowest BCUT2D eigenvalue weighted by molar-refractivity contribution is -0.125. The van der Waals surface area contributed by atoms with Crippen molar-refractivity contribution in [3.05, 3.63) is 23.2 Å². The summed E-state index contributed by atoms with van der Waals surface area (Å²) < 4.78 is 10.4. The molecule has 0 spiro atoms. The molecule has 1 heterocycles. The van der Waals surface area contributed by atoms with E-state index < -0.39 is 5.97 Å². The van der Waals surface area contributed by atoms with Crippen molar-refractivity contribution in [2.45, 2.75) is 58.5 Å². The molecular formula is C19H30N2O4. The Morgan fingerprint density at radius 2 is 2.04 bits per heavy atom. The number of nitrogens with one attached hydrogen (secondary N) is 1. The van der Waals surface area contributed by atoms with Gasteiger partial charge >= 0.3 is 5.97 Å². The van der Waals surface area contributed by atoms with Crippen LogP contribution < -0.4 is 5.32 Å². The topological polar surface area (TPSA) is 71.8 Å². The Labute approximate surface area is 149 Å². The van der Waals surface area contributed by atoms with Crippen LogP contribution in [0.3, 0.4) is 0 Å². The maximum atomic E-state index is 12.4. The van der Waals surface area contributed by atoms with Gasteiger partial charge in [-0.1, -0.05) is 19.3 Å². The Morgan fingerprint density at radius 1 is 1.36 bits per heavy atom. The lowest BCUT2D eigenvalue weighted by Crippen LogP contribution is -2.44. The number of hydrogen-bond acceptors (Lipinski definition) is 5. The van der Waals surface area contributed by atoms with E-state index in [1.54, 1.807) is 13.0 Å². The Bertz CT molecular complexity index is 590. The van der Waals surface area contributed by atoms with Crippen LogP contribution in [0.1, 0.15) is 60.9 Å². The van der Waals surface area contributed by atoms with Crippen LogP contribution in [0, 0.1) is 12.8 Å². The van der Waals surface area contributed by atoms with Crippen molar-refractivity contribution >= 4 is 11.9 Å². The monoisotopic (exact) mass is 350 g/mol. The molecule has 1 aliphatic carbocycles. The molecular weight excluding hydrogens is 320 g/mol. The summed E-state index contributed by atoms with van der Waals surface area (Å²) in [6.45, 7) is 4.84. The number of rotatable bonds is 7. The van der Waals surface area contributed by atoms with Crippen LogP contribution in [-0.4, -0.2) is 43.5 Å². The summed E-state index contributed by atoms with van der Waals surface area (Å²) in [4.78, 5) is 25.9. The van der Waals surface area contributed by atoms with E-state index in [2.05, 4.69) is 5.32 Å². The number of likely N-dealkylation sites (N-methyl/N-ethyl adjacent to an activating group) is 1. The van der Waals surface area contributed by atoms with Crippen LogP contribution in [0.5, 0.6) is 0 Å². The van der Waals surface area contributed by atoms with Crippen LogP contribution in [0.25, 0.3) is 0 Å². The quantitative estimate of drug-likeness (QED) is 0.766.